The highest BCUT2D eigenvalue weighted by molar-refractivity contribution is 5.05. The zero-order valence-corrected chi connectivity index (χ0v) is 12.1. The fourth-order valence-electron chi connectivity index (χ4n) is 2.79. The van der Waals surface area contributed by atoms with Gasteiger partial charge in [-0.3, -0.25) is 4.68 Å². The van der Waals surface area contributed by atoms with Crippen molar-refractivity contribution in [1.82, 2.24) is 20.1 Å². The Labute approximate surface area is 110 Å². The molecule has 2 atom stereocenters. The second-order valence-corrected chi connectivity index (χ2v) is 6.06. The van der Waals surface area contributed by atoms with Crippen molar-refractivity contribution < 1.29 is 0 Å². The lowest BCUT2D eigenvalue weighted by molar-refractivity contribution is 0.390. The van der Waals surface area contributed by atoms with Crippen molar-refractivity contribution in [1.29, 1.82) is 0 Å². The van der Waals surface area contributed by atoms with Crippen LogP contribution in [0.15, 0.2) is 6.33 Å². The van der Waals surface area contributed by atoms with E-state index in [1.54, 1.807) is 6.33 Å². The molecule has 1 aliphatic carbocycles. The molecule has 18 heavy (non-hydrogen) atoms. The molecule has 1 aliphatic rings. The maximum atomic E-state index is 4.40. The molecule has 1 fully saturated rings. The van der Waals surface area contributed by atoms with Crippen LogP contribution < -0.4 is 5.32 Å². The van der Waals surface area contributed by atoms with Gasteiger partial charge in [0.1, 0.15) is 12.2 Å². The molecule has 2 rings (SSSR count). The first-order chi connectivity index (χ1) is 8.58. The van der Waals surface area contributed by atoms with Crippen LogP contribution in [0.1, 0.15) is 46.4 Å². The average Bonchev–Trinajstić information content (AvgIpc) is 2.76. The highest BCUT2D eigenvalue weighted by Gasteiger charge is 2.49. The SMILES string of the molecule is CCCNC(Cc1ncnn1CC)C1CC1(C)C. The molecule has 0 radical (unpaired) electrons. The lowest BCUT2D eigenvalue weighted by Crippen LogP contribution is -2.36. The lowest BCUT2D eigenvalue weighted by Gasteiger charge is -2.20. The monoisotopic (exact) mass is 250 g/mol. The van der Waals surface area contributed by atoms with Crippen molar-refractivity contribution in [3.63, 3.8) is 0 Å². The van der Waals surface area contributed by atoms with E-state index in [0.29, 0.717) is 11.5 Å². The molecule has 1 aromatic rings. The lowest BCUT2D eigenvalue weighted by atomic mass is 10.0. The number of hydrogen-bond acceptors (Lipinski definition) is 3. The Kier molecular flexibility index (Phi) is 4.05. The van der Waals surface area contributed by atoms with Crippen LogP contribution >= 0.6 is 0 Å². The van der Waals surface area contributed by atoms with Gasteiger partial charge in [-0.25, -0.2) is 4.98 Å². The van der Waals surface area contributed by atoms with Crippen LogP contribution in [-0.2, 0) is 13.0 Å². The van der Waals surface area contributed by atoms with E-state index in [1.165, 1.54) is 12.8 Å². The molecule has 1 aromatic heterocycles. The maximum absolute atomic E-state index is 4.40. The normalized spacial score (nSPS) is 23.0. The highest BCUT2D eigenvalue weighted by Crippen LogP contribution is 2.53. The van der Waals surface area contributed by atoms with Crippen LogP contribution in [0.25, 0.3) is 0 Å². The summed E-state index contributed by atoms with van der Waals surface area (Å²) in [6.45, 7) is 11.1. The van der Waals surface area contributed by atoms with Crippen LogP contribution in [0.3, 0.4) is 0 Å². The van der Waals surface area contributed by atoms with Crippen molar-refractivity contribution in [2.75, 3.05) is 6.54 Å². The fourth-order valence-corrected chi connectivity index (χ4v) is 2.79. The van der Waals surface area contributed by atoms with Gasteiger partial charge < -0.3 is 5.32 Å². The zero-order chi connectivity index (χ0) is 13.2. The molecule has 4 nitrogen and oxygen atoms in total. The number of aromatic nitrogens is 3. The van der Waals surface area contributed by atoms with E-state index in [0.717, 1.165) is 31.3 Å². The Hall–Kier alpha value is -0.900. The van der Waals surface area contributed by atoms with E-state index >= 15 is 0 Å². The second-order valence-electron chi connectivity index (χ2n) is 6.06. The second kappa shape index (κ2) is 5.39. The van der Waals surface area contributed by atoms with Crippen LogP contribution in [0.5, 0.6) is 0 Å². The van der Waals surface area contributed by atoms with Gasteiger partial charge in [-0.2, -0.15) is 5.10 Å². The van der Waals surface area contributed by atoms with Gasteiger partial charge >= 0.3 is 0 Å². The van der Waals surface area contributed by atoms with Crippen molar-refractivity contribution in [3.8, 4) is 0 Å². The largest absolute Gasteiger partial charge is 0.313 e. The molecule has 1 N–H and O–H groups in total. The van der Waals surface area contributed by atoms with Crippen molar-refractivity contribution in [2.45, 2.75) is 59.5 Å². The van der Waals surface area contributed by atoms with Gasteiger partial charge in [-0.05, 0) is 37.6 Å². The maximum Gasteiger partial charge on any atom is 0.138 e. The van der Waals surface area contributed by atoms with Crippen LogP contribution in [0, 0.1) is 11.3 Å². The van der Waals surface area contributed by atoms with Gasteiger partial charge in [0.05, 0.1) is 0 Å². The topological polar surface area (TPSA) is 42.7 Å². The molecular weight excluding hydrogens is 224 g/mol. The molecule has 0 amide bonds. The van der Waals surface area contributed by atoms with Crippen molar-refractivity contribution in [3.05, 3.63) is 12.2 Å². The van der Waals surface area contributed by atoms with E-state index in [9.17, 15) is 0 Å². The van der Waals surface area contributed by atoms with Gasteiger partial charge in [0.2, 0.25) is 0 Å². The zero-order valence-electron chi connectivity index (χ0n) is 12.1. The summed E-state index contributed by atoms with van der Waals surface area (Å²) in [5, 5.41) is 7.96. The molecule has 1 saturated carbocycles. The predicted molar refractivity (Wildman–Crippen MR) is 73.4 cm³/mol. The molecule has 4 heteroatoms. The Morgan fingerprint density at radius 2 is 2.22 bits per heavy atom. The van der Waals surface area contributed by atoms with E-state index in [-0.39, 0.29) is 0 Å². The molecule has 0 aliphatic heterocycles. The first kappa shape index (κ1) is 13.5. The van der Waals surface area contributed by atoms with Gasteiger partial charge in [0.15, 0.2) is 0 Å². The Balaban J connectivity index is 2.01. The average molecular weight is 250 g/mol. The van der Waals surface area contributed by atoms with Crippen molar-refractivity contribution >= 4 is 0 Å². The van der Waals surface area contributed by atoms with Crippen molar-refractivity contribution in [2.24, 2.45) is 11.3 Å². The number of aryl methyl sites for hydroxylation is 1. The van der Waals surface area contributed by atoms with Crippen LogP contribution in [0.2, 0.25) is 0 Å². The molecule has 1 heterocycles. The molecule has 0 spiro atoms. The molecule has 2 unspecified atom stereocenters. The minimum Gasteiger partial charge on any atom is -0.313 e. The Bertz CT molecular complexity index is 383. The summed E-state index contributed by atoms with van der Waals surface area (Å²) in [5.41, 5.74) is 0.502. The number of hydrogen-bond donors (Lipinski definition) is 1. The summed E-state index contributed by atoms with van der Waals surface area (Å²) in [4.78, 5) is 4.40. The summed E-state index contributed by atoms with van der Waals surface area (Å²) in [6, 6.07) is 0.550. The van der Waals surface area contributed by atoms with E-state index in [2.05, 4.69) is 43.1 Å². The van der Waals surface area contributed by atoms with Gasteiger partial charge in [0.25, 0.3) is 0 Å². The smallest absolute Gasteiger partial charge is 0.138 e. The molecule has 0 bridgehead atoms. The Morgan fingerprint density at radius 3 is 2.78 bits per heavy atom. The summed E-state index contributed by atoms with van der Waals surface area (Å²) in [6.07, 6.45) is 5.19. The van der Waals surface area contributed by atoms with Crippen LogP contribution in [-0.4, -0.2) is 27.4 Å². The summed E-state index contributed by atoms with van der Waals surface area (Å²) >= 11 is 0. The molecule has 0 saturated heterocycles. The van der Waals surface area contributed by atoms with E-state index < -0.39 is 0 Å². The van der Waals surface area contributed by atoms with Gasteiger partial charge in [-0.15, -0.1) is 0 Å². The molecular formula is C14H26N4. The first-order valence-corrected chi connectivity index (χ1v) is 7.18. The van der Waals surface area contributed by atoms with E-state index in [4.69, 9.17) is 0 Å². The predicted octanol–water partition coefficient (Wildman–Crippen LogP) is 2.25. The van der Waals surface area contributed by atoms with Gasteiger partial charge in [0, 0.05) is 19.0 Å². The Morgan fingerprint density at radius 1 is 1.50 bits per heavy atom. The summed E-state index contributed by atoms with van der Waals surface area (Å²) in [7, 11) is 0. The fraction of sp³-hybridized carbons (Fsp3) is 0.857. The van der Waals surface area contributed by atoms with Crippen LogP contribution in [0.4, 0.5) is 0 Å². The quantitative estimate of drug-likeness (QED) is 0.807. The van der Waals surface area contributed by atoms with E-state index in [1.807, 2.05) is 4.68 Å². The third-order valence-electron chi connectivity index (χ3n) is 4.13. The molecule has 102 valence electrons. The third-order valence-corrected chi connectivity index (χ3v) is 4.13. The minimum atomic E-state index is 0.502. The highest BCUT2D eigenvalue weighted by atomic mass is 15.3. The number of rotatable bonds is 7. The summed E-state index contributed by atoms with van der Waals surface area (Å²) in [5.74, 6) is 1.90. The first-order valence-electron chi connectivity index (χ1n) is 7.18. The third kappa shape index (κ3) is 2.91. The minimum absolute atomic E-state index is 0.502. The summed E-state index contributed by atoms with van der Waals surface area (Å²) < 4.78 is 2.01. The number of nitrogens with one attached hydrogen (secondary N) is 1. The standard InChI is InChI=1S/C14H26N4/c1-5-7-15-12(11-9-14(11,3)4)8-13-16-10-17-18(13)6-2/h10-12,15H,5-9H2,1-4H3. The number of nitrogens with zero attached hydrogens (tertiary/aromatic N) is 3. The van der Waals surface area contributed by atoms with Gasteiger partial charge in [-0.1, -0.05) is 20.8 Å². The molecule has 0 aromatic carbocycles.